The molecule has 0 radical (unpaired) electrons. The molecule has 0 aromatic carbocycles. The monoisotopic (exact) mass is 146 g/mol. The van der Waals surface area contributed by atoms with Crippen molar-refractivity contribution < 1.29 is 9.84 Å². The van der Waals surface area contributed by atoms with Crippen LogP contribution in [0.3, 0.4) is 0 Å². The predicted molar refractivity (Wildman–Crippen MR) is 41.8 cm³/mol. The van der Waals surface area contributed by atoms with E-state index >= 15 is 0 Å². The van der Waals surface area contributed by atoms with Gasteiger partial charge in [-0.05, 0) is 26.2 Å². The maximum atomic E-state index is 8.86. The smallest absolute Gasteiger partial charge is 0.154 e. The van der Waals surface area contributed by atoms with Crippen molar-refractivity contribution in [2.75, 3.05) is 0 Å². The number of ether oxygens (including phenoxy) is 1. The molecule has 1 aliphatic heterocycles. The van der Waals surface area contributed by atoms with E-state index in [0.717, 1.165) is 19.3 Å². The Bertz CT molecular complexity index is 65.7. The molecule has 0 aromatic rings. The first-order valence-corrected chi connectivity index (χ1v) is 4.12. The van der Waals surface area contributed by atoms with Crippen molar-refractivity contribution in [2.24, 2.45) is 0 Å². The average molecular weight is 146 g/mol. The average Bonchev–Trinajstić information content (AvgIpc) is 1.91. The van der Waals surface area contributed by atoms with Gasteiger partial charge in [0, 0.05) is 0 Å². The van der Waals surface area contributed by atoms with Gasteiger partial charge in [-0.1, -0.05) is 13.8 Å². The summed E-state index contributed by atoms with van der Waals surface area (Å²) in [5.41, 5.74) is 0. The quantitative estimate of drug-likeness (QED) is 0.565. The van der Waals surface area contributed by atoms with E-state index in [9.17, 15) is 0 Å². The first-order valence-electron chi connectivity index (χ1n) is 4.12. The van der Waals surface area contributed by atoms with Gasteiger partial charge in [-0.3, -0.25) is 0 Å². The first-order chi connectivity index (χ1) is 4.79. The molecule has 10 heavy (non-hydrogen) atoms. The lowest BCUT2D eigenvalue weighted by Crippen LogP contribution is -2.24. The molecular weight excluding hydrogens is 128 g/mol. The van der Waals surface area contributed by atoms with Gasteiger partial charge >= 0.3 is 0 Å². The molecule has 2 unspecified atom stereocenters. The highest BCUT2D eigenvalue weighted by molar-refractivity contribution is 4.59. The number of hydrogen-bond acceptors (Lipinski definition) is 2. The molecule has 1 saturated heterocycles. The van der Waals surface area contributed by atoms with Gasteiger partial charge in [-0.2, -0.15) is 0 Å². The lowest BCUT2D eigenvalue weighted by atomic mass is 10.1. The molecule has 2 atom stereocenters. The molecular formula is C8H18O2. The van der Waals surface area contributed by atoms with E-state index in [0.29, 0.717) is 0 Å². The van der Waals surface area contributed by atoms with Crippen LogP contribution in [0.15, 0.2) is 0 Å². The Morgan fingerprint density at radius 1 is 1.30 bits per heavy atom. The largest absolute Gasteiger partial charge is 0.368 e. The van der Waals surface area contributed by atoms with E-state index in [1.54, 1.807) is 0 Å². The molecule has 62 valence electrons. The number of rotatable bonds is 0. The zero-order chi connectivity index (χ0) is 7.98. The van der Waals surface area contributed by atoms with E-state index in [1.807, 2.05) is 20.8 Å². The fraction of sp³-hybridized carbons (Fsp3) is 1.00. The fourth-order valence-corrected chi connectivity index (χ4v) is 0.984. The number of aliphatic hydroxyl groups excluding tert-OH is 1. The third kappa shape index (κ3) is 3.85. The second-order valence-corrected chi connectivity index (χ2v) is 2.33. The molecule has 1 aliphatic rings. The maximum absolute atomic E-state index is 8.86. The Labute approximate surface area is 63.2 Å². The summed E-state index contributed by atoms with van der Waals surface area (Å²) in [6.45, 7) is 5.99. The zero-order valence-corrected chi connectivity index (χ0v) is 7.13. The third-order valence-corrected chi connectivity index (χ3v) is 1.45. The summed E-state index contributed by atoms with van der Waals surface area (Å²) in [5.74, 6) is 0. The van der Waals surface area contributed by atoms with Gasteiger partial charge in [0.25, 0.3) is 0 Å². The molecule has 2 nitrogen and oxygen atoms in total. The van der Waals surface area contributed by atoms with Crippen LogP contribution in [0.25, 0.3) is 0 Å². The van der Waals surface area contributed by atoms with Crippen molar-refractivity contribution in [1.82, 2.24) is 0 Å². The molecule has 1 heterocycles. The van der Waals surface area contributed by atoms with Crippen LogP contribution in [0, 0.1) is 0 Å². The molecule has 1 rings (SSSR count). The van der Waals surface area contributed by atoms with E-state index in [4.69, 9.17) is 9.84 Å². The fourth-order valence-electron chi connectivity index (χ4n) is 0.984. The van der Waals surface area contributed by atoms with Crippen LogP contribution in [-0.4, -0.2) is 17.5 Å². The molecule has 0 aromatic heterocycles. The maximum Gasteiger partial charge on any atom is 0.154 e. The SMILES string of the molecule is CC.CC1CCCC(O)O1. The molecule has 1 fully saturated rings. The van der Waals surface area contributed by atoms with Gasteiger partial charge in [0.1, 0.15) is 0 Å². The van der Waals surface area contributed by atoms with Crippen molar-refractivity contribution in [3.05, 3.63) is 0 Å². The summed E-state index contributed by atoms with van der Waals surface area (Å²) in [4.78, 5) is 0. The minimum atomic E-state index is -0.487. The van der Waals surface area contributed by atoms with Crippen molar-refractivity contribution in [3.8, 4) is 0 Å². The lowest BCUT2D eigenvalue weighted by molar-refractivity contribution is -0.156. The van der Waals surface area contributed by atoms with Crippen LogP contribution in [0.1, 0.15) is 40.0 Å². The van der Waals surface area contributed by atoms with Crippen LogP contribution in [0.2, 0.25) is 0 Å². The zero-order valence-electron chi connectivity index (χ0n) is 7.13. The predicted octanol–water partition coefficient (Wildman–Crippen LogP) is 1.92. The highest BCUT2D eigenvalue weighted by atomic mass is 16.6. The first kappa shape index (κ1) is 9.92. The van der Waals surface area contributed by atoms with Crippen LogP contribution >= 0.6 is 0 Å². The molecule has 0 saturated carbocycles. The molecule has 0 aliphatic carbocycles. The summed E-state index contributed by atoms with van der Waals surface area (Å²) < 4.78 is 5.04. The van der Waals surface area contributed by atoms with Gasteiger partial charge in [0.05, 0.1) is 6.10 Å². The van der Waals surface area contributed by atoms with Crippen molar-refractivity contribution in [1.29, 1.82) is 0 Å². The normalized spacial score (nSPS) is 32.4. The van der Waals surface area contributed by atoms with Crippen LogP contribution in [0.5, 0.6) is 0 Å². The minimum absolute atomic E-state index is 0.263. The van der Waals surface area contributed by atoms with Crippen molar-refractivity contribution in [2.45, 2.75) is 52.4 Å². The molecule has 0 amide bonds. The Kier molecular flexibility index (Phi) is 5.64. The Balaban J connectivity index is 0.000000371. The summed E-state index contributed by atoms with van der Waals surface area (Å²) in [6, 6.07) is 0. The van der Waals surface area contributed by atoms with Crippen molar-refractivity contribution >= 4 is 0 Å². The summed E-state index contributed by atoms with van der Waals surface area (Å²) in [6.07, 6.45) is 2.78. The van der Waals surface area contributed by atoms with Gasteiger partial charge < -0.3 is 9.84 Å². The van der Waals surface area contributed by atoms with Gasteiger partial charge in [-0.15, -0.1) is 0 Å². The minimum Gasteiger partial charge on any atom is -0.368 e. The second kappa shape index (κ2) is 5.69. The highest BCUT2D eigenvalue weighted by Crippen LogP contribution is 2.15. The molecule has 0 spiro atoms. The Morgan fingerprint density at radius 3 is 2.20 bits per heavy atom. The van der Waals surface area contributed by atoms with Gasteiger partial charge in [-0.25, -0.2) is 0 Å². The van der Waals surface area contributed by atoms with E-state index in [-0.39, 0.29) is 6.10 Å². The number of aliphatic hydroxyl groups is 1. The molecule has 2 heteroatoms. The number of hydrogen-bond donors (Lipinski definition) is 1. The second-order valence-electron chi connectivity index (χ2n) is 2.33. The van der Waals surface area contributed by atoms with Gasteiger partial charge in [0.15, 0.2) is 6.29 Å². The highest BCUT2D eigenvalue weighted by Gasteiger charge is 2.15. The van der Waals surface area contributed by atoms with Crippen LogP contribution in [0.4, 0.5) is 0 Å². The molecule has 0 bridgehead atoms. The van der Waals surface area contributed by atoms with Crippen LogP contribution < -0.4 is 0 Å². The van der Waals surface area contributed by atoms with Crippen molar-refractivity contribution in [3.63, 3.8) is 0 Å². The summed E-state index contributed by atoms with van der Waals surface area (Å²) in [7, 11) is 0. The Morgan fingerprint density at radius 2 is 1.90 bits per heavy atom. The molecule has 1 N–H and O–H groups in total. The summed E-state index contributed by atoms with van der Waals surface area (Å²) >= 11 is 0. The van der Waals surface area contributed by atoms with E-state index in [2.05, 4.69) is 0 Å². The standard InChI is InChI=1S/C6H12O2.C2H6/c1-5-3-2-4-6(7)8-5;1-2/h5-7H,2-4H2,1H3;1-2H3. The van der Waals surface area contributed by atoms with Gasteiger partial charge in [0.2, 0.25) is 0 Å². The summed E-state index contributed by atoms with van der Waals surface area (Å²) in [5, 5.41) is 8.86. The van der Waals surface area contributed by atoms with Crippen LogP contribution in [-0.2, 0) is 4.74 Å². The lowest BCUT2D eigenvalue weighted by Gasteiger charge is -2.23. The topological polar surface area (TPSA) is 29.5 Å². The third-order valence-electron chi connectivity index (χ3n) is 1.45. The Hall–Kier alpha value is -0.0800. The van der Waals surface area contributed by atoms with E-state index in [1.165, 1.54) is 0 Å². The van der Waals surface area contributed by atoms with E-state index < -0.39 is 6.29 Å².